The van der Waals surface area contributed by atoms with Crippen LogP contribution in [0.5, 0.6) is 0 Å². The Morgan fingerprint density at radius 2 is 1.78 bits per heavy atom. The highest BCUT2D eigenvalue weighted by molar-refractivity contribution is 5.80. The Kier molecular flexibility index (Phi) is 7.95. The van der Waals surface area contributed by atoms with Crippen LogP contribution < -0.4 is 11.3 Å². The van der Waals surface area contributed by atoms with Gasteiger partial charge < -0.3 is 5.11 Å². The summed E-state index contributed by atoms with van der Waals surface area (Å²) in [5.74, 6) is 0.569. The van der Waals surface area contributed by atoms with Gasteiger partial charge in [0.15, 0.2) is 5.82 Å². The fourth-order valence-corrected chi connectivity index (χ4v) is 4.43. The molecule has 8 heteroatoms. The Morgan fingerprint density at radius 1 is 1.06 bits per heavy atom. The summed E-state index contributed by atoms with van der Waals surface area (Å²) >= 11 is 0. The van der Waals surface area contributed by atoms with Gasteiger partial charge >= 0.3 is 5.76 Å². The summed E-state index contributed by atoms with van der Waals surface area (Å²) in [4.78, 5) is 32.5. The van der Waals surface area contributed by atoms with Crippen molar-refractivity contribution in [3.05, 3.63) is 92.1 Å². The molecule has 0 amide bonds. The van der Waals surface area contributed by atoms with E-state index >= 15 is 0 Å². The van der Waals surface area contributed by atoms with Crippen molar-refractivity contribution in [2.75, 3.05) is 6.61 Å². The summed E-state index contributed by atoms with van der Waals surface area (Å²) in [5.41, 5.74) is 5.12. The standard InChI is InChI=1S/C28H32N4O4/c1-4-8-25-29-24(5-2)23(15-18(3)17-33)27(34)32(25)16-19-11-13-20(14-12-19)21-9-6-7-10-22(21)26-30-28(35)36-31-26/h6-7,9-14,18,33H,4-5,8,15-17H2,1-3H3,(H,30,31,35). The predicted molar refractivity (Wildman–Crippen MR) is 139 cm³/mol. The highest BCUT2D eigenvalue weighted by Crippen LogP contribution is 2.30. The van der Waals surface area contributed by atoms with Gasteiger partial charge in [-0.3, -0.25) is 18.9 Å². The molecule has 188 valence electrons. The SMILES string of the molecule is CCCc1nc(CC)c(CC(C)CO)c(=O)n1Cc1ccc(-c2ccccc2-c2noc(=O)[nH]2)cc1. The molecule has 0 aliphatic rings. The Labute approximate surface area is 209 Å². The zero-order valence-electron chi connectivity index (χ0n) is 21.0. The van der Waals surface area contributed by atoms with E-state index in [9.17, 15) is 14.7 Å². The number of aliphatic hydroxyl groups excluding tert-OH is 1. The third-order valence-electron chi connectivity index (χ3n) is 6.33. The molecule has 8 nitrogen and oxygen atoms in total. The predicted octanol–water partition coefficient (Wildman–Crippen LogP) is 3.99. The van der Waals surface area contributed by atoms with E-state index < -0.39 is 5.76 Å². The molecular weight excluding hydrogens is 456 g/mol. The van der Waals surface area contributed by atoms with Crippen molar-refractivity contribution < 1.29 is 9.63 Å². The van der Waals surface area contributed by atoms with Crippen molar-refractivity contribution in [1.29, 1.82) is 0 Å². The number of hydrogen-bond acceptors (Lipinski definition) is 6. The number of benzene rings is 2. The number of hydrogen-bond donors (Lipinski definition) is 2. The highest BCUT2D eigenvalue weighted by Gasteiger charge is 2.18. The van der Waals surface area contributed by atoms with Crippen LogP contribution in [0, 0.1) is 5.92 Å². The minimum Gasteiger partial charge on any atom is -0.396 e. The lowest BCUT2D eigenvalue weighted by molar-refractivity contribution is 0.236. The smallest absolute Gasteiger partial charge is 0.396 e. The van der Waals surface area contributed by atoms with Crippen molar-refractivity contribution in [2.45, 2.75) is 53.0 Å². The first-order valence-electron chi connectivity index (χ1n) is 12.4. The number of aromatic amines is 1. The van der Waals surface area contributed by atoms with Gasteiger partial charge in [-0.2, -0.15) is 0 Å². The number of H-pyrrole nitrogens is 1. The summed E-state index contributed by atoms with van der Waals surface area (Å²) in [7, 11) is 0. The lowest BCUT2D eigenvalue weighted by Crippen LogP contribution is -2.32. The third-order valence-corrected chi connectivity index (χ3v) is 6.33. The van der Waals surface area contributed by atoms with Crippen molar-refractivity contribution in [2.24, 2.45) is 5.92 Å². The van der Waals surface area contributed by atoms with E-state index in [0.717, 1.165) is 46.6 Å². The van der Waals surface area contributed by atoms with Crippen LogP contribution in [0.4, 0.5) is 0 Å². The summed E-state index contributed by atoms with van der Waals surface area (Å²) < 4.78 is 6.46. The van der Waals surface area contributed by atoms with Crippen LogP contribution >= 0.6 is 0 Å². The molecule has 1 atom stereocenters. The lowest BCUT2D eigenvalue weighted by atomic mass is 9.98. The van der Waals surface area contributed by atoms with Crippen LogP contribution in [0.15, 0.2) is 62.6 Å². The first-order chi connectivity index (χ1) is 17.4. The number of aliphatic hydroxyl groups is 1. The van der Waals surface area contributed by atoms with Gasteiger partial charge in [-0.1, -0.05) is 74.5 Å². The Balaban J connectivity index is 1.69. The normalized spacial score (nSPS) is 12.1. The summed E-state index contributed by atoms with van der Waals surface area (Å²) in [5, 5.41) is 13.4. The highest BCUT2D eigenvalue weighted by atomic mass is 16.5. The van der Waals surface area contributed by atoms with Gasteiger partial charge in [0.05, 0.1) is 12.2 Å². The van der Waals surface area contributed by atoms with Crippen molar-refractivity contribution >= 4 is 0 Å². The Morgan fingerprint density at radius 3 is 2.39 bits per heavy atom. The van der Waals surface area contributed by atoms with Gasteiger partial charge in [0, 0.05) is 24.2 Å². The average molecular weight is 489 g/mol. The fraction of sp³-hybridized carbons (Fsp3) is 0.357. The molecule has 2 aromatic heterocycles. The largest absolute Gasteiger partial charge is 0.439 e. The first-order valence-corrected chi connectivity index (χ1v) is 12.4. The monoisotopic (exact) mass is 488 g/mol. The quantitative estimate of drug-likeness (QED) is 0.349. The number of aromatic nitrogens is 4. The van der Waals surface area contributed by atoms with Crippen LogP contribution in [0.2, 0.25) is 0 Å². The van der Waals surface area contributed by atoms with Crippen LogP contribution in [0.1, 0.15) is 49.8 Å². The average Bonchev–Trinajstić information content (AvgIpc) is 3.34. The molecule has 4 rings (SSSR count). The maximum absolute atomic E-state index is 13.6. The van der Waals surface area contributed by atoms with E-state index in [1.54, 1.807) is 4.57 Å². The molecule has 4 aromatic rings. The molecule has 2 aromatic carbocycles. The second-order valence-electron chi connectivity index (χ2n) is 9.13. The van der Waals surface area contributed by atoms with E-state index in [1.807, 2.05) is 62.4 Å². The van der Waals surface area contributed by atoms with Crippen LogP contribution in [0.25, 0.3) is 22.5 Å². The Bertz CT molecular complexity index is 1430. The molecule has 0 radical (unpaired) electrons. The van der Waals surface area contributed by atoms with Crippen molar-refractivity contribution in [1.82, 2.24) is 19.7 Å². The lowest BCUT2D eigenvalue weighted by Gasteiger charge is -2.18. The molecule has 0 fully saturated rings. The van der Waals surface area contributed by atoms with E-state index in [4.69, 9.17) is 4.98 Å². The molecule has 0 bridgehead atoms. The minimum absolute atomic E-state index is 0.00529. The van der Waals surface area contributed by atoms with Crippen molar-refractivity contribution in [3.8, 4) is 22.5 Å². The molecule has 0 saturated carbocycles. The van der Waals surface area contributed by atoms with E-state index in [-0.39, 0.29) is 18.1 Å². The van der Waals surface area contributed by atoms with E-state index in [0.29, 0.717) is 30.8 Å². The van der Waals surface area contributed by atoms with E-state index in [1.165, 1.54) is 0 Å². The second-order valence-corrected chi connectivity index (χ2v) is 9.13. The minimum atomic E-state index is -0.598. The number of rotatable bonds is 10. The van der Waals surface area contributed by atoms with Gasteiger partial charge in [-0.15, -0.1) is 0 Å². The zero-order chi connectivity index (χ0) is 25.7. The molecule has 36 heavy (non-hydrogen) atoms. The topological polar surface area (TPSA) is 114 Å². The molecule has 1 unspecified atom stereocenters. The van der Waals surface area contributed by atoms with Gasteiger partial charge in [-0.25, -0.2) is 9.78 Å². The molecule has 0 aliphatic carbocycles. The zero-order valence-corrected chi connectivity index (χ0v) is 21.0. The molecule has 2 N–H and O–H groups in total. The third kappa shape index (κ3) is 5.39. The van der Waals surface area contributed by atoms with Gasteiger partial charge in [0.25, 0.3) is 5.56 Å². The molecule has 2 heterocycles. The van der Waals surface area contributed by atoms with Gasteiger partial charge in [0.1, 0.15) is 5.82 Å². The van der Waals surface area contributed by atoms with Crippen LogP contribution in [-0.4, -0.2) is 31.4 Å². The fourth-order valence-electron chi connectivity index (χ4n) is 4.43. The Hall–Kier alpha value is -3.78. The van der Waals surface area contributed by atoms with Crippen LogP contribution in [0.3, 0.4) is 0 Å². The molecule has 0 saturated heterocycles. The van der Waals surface area contributed by atoms with Crippen molar-refractivity contribution in [3.63, 3.8) is 0 Å². The van der Waals surface area contributed by atoms with Crippen LogP contribution in [-0.2, 0) is 25.8 Å². The summed E-state index contributed by atoms with van der Waals surface area (Å²) in [6.45, 7) is 6.49. The maximum Gasteiger partial charge on any atom is 0.439 e. The first kappa shape index (κ1) is 25.3. The van der Waals surface area contributed by atoms with Gasteiger partial charge in [0.2, 0.25) is 0 Å². The molecule has 0 spiro atoms. The maximum atomic E-state index is 13.6. The van der Waals surface area contributed by atoms with Gasteiger partial charge in [-0.05, 0) is 41.9 Å². The number of nitrogens with one attached hydrogen (secondary N) is 1. The number of nitrogens with zero attached hydrogens (tertiary/aromatic N) is 3. The molecule has 0 aliphatic heterocycles. The summed E-state index contributed by atoms with van der Waals surface area (Å²) in [6.07, 6.45) is 2.81. The number of aryl methyl sites for hydroxylation is 2. The van der Waals surface area contributed by atoms with E-state index in [2.05, 4.69) is 21.6 Å². The second kappa shape index (κ2) is 11.3. The molecular formula is C28H32N4O4. The summed E-state index contributed by atoms with van der Waals surface area (Å²) in [6, 6.07) is 15.7.